The maximum absolute atomic E-state index is 6.08. The monoisotopic (exact) mass is 226 g/mol. The fourth-order valence-corrected chi connectivity index (χ4v) is 1.47. The van der Waals surface area contributed by atoms with Crippen molar-refractivity contribution < 1.29 is 0 Å². The second-order valence-corrected chi connectivity index (χ2v) is 4.57. The van der Waals surface area contributed by atoms with Gasteiger partial charge in [-0.3, -0.25) is 0 Å². The summed E-state index contributed by atoms with van der Waals surface area (Å²) in [5.74, 6) is 0. The Hall–Kier alpha value is -0.730. The fraction of sp³-hybridized carbons (Fsp3) is 0.500. The summed E-state index contributed by atoms with van der Waals surface area (Å²) in [5, 5.41) is 0.837. The third-order valence-electron chi connectivity index (χ3n) is 2.48. The highest BCUT2D eigenvalue weighted by atomic mass is 35.5. The minimum atomic E-state index is 0.837. The molecule has 0 amide bonds. The zero-order valence-corrected chi connectivity index (χ0v) is 10.7. The van der Waals surface area contributed by atoms with E-state index in [9.17, 15) is 0 Å². The SMILES string of the molecule is Cc1ccc(N(C)CCN(C)C)cc1Cl. The predicted molar refractivity (Wildman–Crippen MR) is 68.0 cm³/mol. The number of anilines is 1. The summed E-state index contributed by atoms with van der Waals surface area (Å²) in [5.41, 5.74) is 2.30. The standard InChI is InChI=1S/C12H19ClN2/c1-10-5-6-11(9-12(10)13)15(4)8-7-14(2)3/h5-6,9H,7-8H2,1-4H3. The van der Waals surface area contributed by atoms with Crippen molar-refractivity contribution in [2.75, 3.05) is 39.1 Å². The lowest BCUT2D eigenvalue weighted by Crippen LogP contribution is -2.28. The first-order valence-corrected chi connectivity index (χ1v) is 5.50. The second-order valence-electron chi connectivity index (χ2n) is 4.16. The largest absolute Gasteiger partial charge is 0.373 e. The van der Waals surface area contributed by atoms with Gasteiger partial charge in [0.25, 0.3) is 0 Å². The van der Waals surface area contributed by atoms with Crippen LogP contribution in [-0.4, -0.2) is 39.1 Å². The van der Waals surface area contributed by atoms with Gasteiger partial charge >= 0.3 is 0 Å². The molecule has 0 N–H and O–H groups in total. The lowest BCUT2D eigenvalue weighted by molar-refractivity contribution is 0.416. The van der Waals surface area contributed by atoms with Crippen LogP contribution in [0.5, 0.6) is 0 Å². The molecule has 84 valence electrons. The summed E-state index contributed by atoms with van der Waals surface area (Å²) < 4.78 is 0. The second kappa shape index (κ2) is 5.38. The Labute approximate surface area is 97.4 Å². The van der Waals surface area contributed by atoms with Gasteiger partial charge in [-0.1, -0.05) is 17.7 Å². The van der Waals surface area contributed by atoms with Crippen LogP contribution in [0, 0.1) is 6.92 Å². The van der Waals surface area contributed by atoms with E-state index in [1.165, 1.54) is 5.69 Å². The number of halogens is 1. The van der Waals surface area contributed by atoms with Crippen LogP contribution >= 0.6 is 11.6 Å². The first-order valence-electron chi connectivity index (χ1n) is 5.12. The smallest absolute Gasteiger partial charge is 0.0455 e. The van der Waals surface area contributed by atoms with Crippen molar-refractivity contribution in [3.63, 3.8) is 0 Å². The Morgan fingerprint density at radius 1 is 1.13 bits per heavy atom. The molecule has 3 heteroatoms. The fourth-order valence-electron chi connectivity index (χ4n) is 1.30. The average Bonchev–Trinajstić information content (AvgIpc) is 2.18. The highest BCUT2D eigenvalue weighted by molar-refractivity contribution is 6.31. The molecule has 2 nitrogen and oxygen atoms in total. The third-order valence-corrected chi connectivity index (χ3v) is 2.89. The number of hydrogen-bond acceptors (Lipinski definition) is 2. The van der Waals surface area contributed by atoms with Gasteiger partial charge in [-0.2, -0.15) is 0 Å². The summed E-state index contributed by atoms with van der Waals surface area (Å²) in [7, 11) is 6.25. The lowest BCUT2D eigenvalue weighted by atomic mass is 10.2. The van der Waals surface area contributed by atoms with Gasteiger partial charge in [0, 0.05) is 30.8 Å². The summed E-state index contributed by atoms with van der Waals surface area (Å²) in [4.78, 5) is 4.39. The van der Waals surface area contributed by atoms with E-state index in [1.54, 1.807) is 0 Å². The Morgan fingerprint density at radius 3 is 2.33 bits per heavy atom. The number of hydrogen-bond donors (Lipinski definition) is 0. The molecule has 0 bridgehead atoms. The lowest BCUT2D eigenvalue weighted by Gasteiger charge is -2.22. The molecule has 0 radical (unpaired) electrons. The average molecular weight is 227 g/mol. The molecule has 0 aliphatic rings. The quantitative estimate of drug-likeness (QED) is 0.779. The minimum absolute atomic E-state index is 0.837. The topological polar surface area (TPSA) is 6.48 Å². The van der Waals surface area contributed by atoms with Gasteiger partial charge in [-0.05, 0) is 38.7 Å². The van der Waals surface area contributed by atoms with Gasteiger partial charge in [0.15, 0.2) is 0 Å². The molecule has 0 unspecified atom stereocenters. The van der Waals surface area contributed by atoms with E-state index in [-0.39, 0.29) is 0 Å². The highest BCUT2D eigenvalue weighted by Crippen LogP contribution is 2.22. The number of benzene rings is 1. The van der Waals surface area contributed by atoms with E-state index in [4.69, 9.17) is 11.6 Å². The Balaban J connectivity index is 2.65. The van der Waals surface area contributed by atoms with E-state index in [0.29, 0.717) is 0 Å². The maximum atomic E-state index is 6.08. The molecule has 0 fully saturated rings. The first kappa shape index (κ1) is 12.3. The van der Waals surface area contributed by atoms with Crippen LogP contribution < -0.4 is 4.90 Å². The van der Waals surface area contributed by atoms with Crippen molar-refractivity contribution in [2.45, 2.75) is 6.92 Å². The van der Waals surface area contributed by atoms with Crippen LogP contribution in [0.3, 0.4) is 0 Å². The molecule has 0 atom stereocenters. The summed E-state index contributed by atoms with van der Waals surface area (Å²) >= 11 is 6.08. The number of nitrogens with zero attached hydrogens (tertiary/aromatic N) is 2. The van der Waals surface area contributed by atoms with Crippen molar-refractivity contribution >= 4 is 17.3 Å². The van der Waals surface area contributed by atoms with Crippen LogP contribution in [-0.2, 0) is 0 Å². The molecule has 1 aromatic carbocycles. The van der Waals surface area contributed by atoms with E-state index in [2.05, 4.69) is 43.1 Å². The number of rotatable bonds is 4. The Kier molecular flexibility index (Phi) is 4.43. The zero-order valence-electron chi connectivity index (χ0n) is 9.92. The van der Waals surface area contributed by atoms with E-state index in [1.807, 2.05) is 13.0 Å². The van der Waals surface area contributed by atoms with Gasteiger partial charge in [0.05, 0.1) is 0 Å². The summed E-state index contributed by atoms with van der Waals surface area (Å²) in [6, 6.07) is 6.19. The van der Waals surface area contributed by atoms with Crippen LogP contribution in [0.4, 0.5) is 5.69 Å². The molecule has 0 aliphatic carbocycles. The highest BCUT2D eigenvalue weighted by Gasteiger charge is 2.03. The summed E-state index contributed by atoms with van der Waals surface area (Å²) in [6.45, 7) is 4.07. The van der Waals surface area contributed by atoms with Crippen LogP contribution in [0.2, 0.25) is 5.02 Å². The first-order chi connectivity index (χ1) is 7.00. The van der Waals surface area contributed by atoms with Crippen molar-refractivity contribution in [1.29, 1.82) is 0 Å². The molecule has 0 saturated carbocycles. The van der Waals surface area contributed by atoms with Gasteiger partial charge < -0.3 is 9.80 Å². The molecular formula is C12H19ClN2. The number of likely N-dealkylation sites (N-methyl/N-ethyl adjacent to an activating group) is 2. The van der Waals surface area contributed by atoms with Crippen molar-refractivity contribution in [3.8, 4) is 0 Å². The molecule has 0 saturated heterocycles. The van der Waals surface area contributed by atoms with Crippen molar-refractivity contribution in [2.24, 2.45) is 0 Å². The maximum Gasteiger partial charge on any atom is 0.0455 e. The molecule has 0 aliphatic heterocycles. The molecule has 0 heterocycles. The van der Waals surface area contributed by atoms with Crippen LogP contribution in [0.15, 0.2) is 18.2 Å². The van der Waals surface area contributed by atoms with Gasteiger partial charge in [0.2, 0.25) is 0 Å². The van der Waals surface area contributed by atoms with E-state index < -0.39 is 0 Å². The summed E-state index contributed by atoms with van der Waals surface area (Å²) in [6.07, 6.45) is 0. The van der Waals surface area contributed by atoms with Crippen molar-refractivity contribution in [3.05, 3.63) is 28.8 Å². The van der Waals surface area contributed by atoms with Gasteiger partial charge in [-0.25, -0.2) is 0 Å². The minimum Gasteiger partial charge on any atom is -0.373 e. The Bertz CT molecular complexity index is 323. The molecule has 1 rings (SSSR count). The predicted octanol–water partition coefficient (Wildman–Crippen LogP) is 2.65. The normalized spacial score (nSPS) is 10.8. The molecule has 1 aromatic rings. The van der Waals surface area contributed by atoms with Gasteiger partial charge in [-0.15, -0.1) is 0 Å². The zero-order chi connectivity index (χ0) is 11.4. The molecule has 0 aromatic heterocycles. The molecular weight excluding hydrogens is 208 g/mol. The Morgan fingerprint density at radius 2 is 1.80 bits per heavy atom. The van der Waals surface area contributed by atoms with E-state index in [0.717, 1.165) is 23.7 Å². The number of aryl methyl sites for hydroxylation is 1. The third kappa shape index (κ3) is 3.73. The van der Waals surface area contributed by atoms with Crippen LogP contribution in [0.1, 0.15) is 5.56 Å². The molecule has 0 spiro atoms. The van der Waals surface area contributed by atoms with Gasteiger partial charge in [0.1, 0.15) is 0 Å². The van der Waals surface area contributed by atoms with Crippen molar-refractivity contribution in [1.82, 2.24) is 4.90 Å². The molecule has 15 heavy (non-hydrogen) atoms. The van der Waals surface area contributed by atoms with E-state index >= 15 is 0 Å². The van der Waals surface area contributed by atoms with Crippen LogP contribution in [0.25, 0.3) is 0 Å².